The molecule has 1 aliphatic rings. The van der Waals surface area contributed by atoms with Crippen LogP contribution in [0.25, 0.3) is 39.5 Å². The van der Waals surface area contributed by atoms with Gasteiger partial charge in [0.15, 0.2) is 0 Å². The molecule has 0 N–H and O–H groups in total. The molecule has 4 aromatic carbocycles. The first-order chi connectivity index (χ1) is 16.4. The van der Waals surface area contributed by atoms with Crippen molar-refractivity contribution in [2.24, 2.45) is 5.41 Å². The molecule has 0 aromatic heterocycles. The first-order valence-electron chi connectivity index (χ1n) is 11.6. The van der Waals surface area contributed by atoms with Crippen molar-refractivity contribution in [3.05, 3.63) is 114 Å². The molecule has 0 bridgehead atoms. The quantitative estimate of drug-likeness (QED) is 0.233. The number of hydrogen-bond donors (Lipinski definition) is 0. The van der Waals surface area contributed by atoms with Crippen LogP contribution in [0.15, 0.2) is 103 Å². The standard InChI is InChI=1S/C31H27.2ClH.Zr/c1-31(2,3)25-20-24-18-19-27(23-14-8-5-9-15-23)30(29(24)21-25)28-17-11-10-16-26(28)22-12-6-4-7-13-22;;;/h4-21H,1-3H3;2*1H;/q;;;+2/p-2. The van der Waals surface area contributed by atoms with E-state index in [1.165, 1.54) is 50.1 Å². The van der Waals surface area contributed by atoms with Crippen molar-refractivity contribution in [2.45, 2.75) is 24.4 Å². The van der Waals surface area contributed by atoms with Crippen LogP contribution in [0.1, 0.15) is 35.5 Å². The van der Waals surface area contributed by atoms with Gasteiger partial charge in [0.25, 0.3) is 0 Å². The van der Waals surface area contributed by atoms with Gasteiger partial charge in [0.05, 0.1) is 0 Å². The predicted molar refractivity (Wildman–Crippen MR) is 145 cm³/mol. The minimum absolute atomic E-state index is 0.00239. The predicted octanol–water partition coefficient (Wildman–Crippen LogP) is 10.1. The molecule has 0 aliphatic heterocycles. The third-order valence-electron chi connectivity index (χ3n) is 6.65. The normalized spacial score (nSPS) is 15.1. The maximum atomic E-state index is 6.82. The first kappa shape index (κ1) is 23.8. The van der Waals surface area contributed by atoms with Crippen LogP contribution in [0.2, 0.25) is 0 Å². The summed E-state index contributed by atoms with van der Waals surface area (Å²) >= 11 is -2.65. The van der Waals surface area contributed by atoms with Crippen molar-refractivity contribution in [1.29, 1.82) is 0 Å². The van der Waals surface area contributed by atoms with Crippen molar-refractivity contribution < 1.29 is 19.4 Å². The fraction of sp³-hybridized carbons (Fsp3) is 0.161. The molecule has 0 amide bonds. The van der Waals surface area contributed by atoms with Gasteiger partial charge < -0.3 is 0 Å². The second kappa shape index (κ2) is 9.62. The molecule has 1 aliphatic carbocycles. The van der Waals surface area contributed by atoms with Crippen molar-refractivity contribution in [3.8, 4) is 33.4 Å². The molecule has 0 heterocycles. The number of benzene rings is 4. The zero-order valence-electron chi connectivity index (χ0n) is 19.6. The van der Waals surface area contributed by atoms with Crippen LogP contribution in [0.3, 0.4) is 0 Å². The molecule has 1 atom stereocenters. The van der Waals surface area contributed by atoms with Crippen LogP contribution >= 0.6 is 17.0 Å². The van der Waals surface area contributed by atoms with Crippen LogP contribution in [-0.4, -0.2) is 0 Å². The average Bonchev–Trinajstić information content (AvgIpc) is 3.25. The molecule has 5 rings (SSSR count). The van der Waals surface area contributed by atoms with E-state index in [4.69, 9.17) is 17.0 Å². The van der Waals surface area contributed by atoms with Crippen molar-refractivity contribution >= 4 is 23.1 Å². The summed E-state index contributed by atoms with van der Waals surface area (Å²) in [7, 11) is 13.6. The van der Waals surface area contributed by atoms with Crippen LogP contribution < -0.4 is 0 Å². The van der Waals surface area contributed by atoms with E-state index in [2.05, 4.69) is 124 Å². The monoisotopic (exact) mass is 559 g/mol. The SMILES string of the molecule is CC(C)(C)C1=Cc2c(ccc(-c3ccccc3)c2-c2ccccc2-c2ccccc2)[CH]1[Zr]([Cl])[Cl]. The Morgan fingerprint density at radius 2 is 1.15 bits per heavy atom. The van der Waals surface area contributed by atoms with Gasteiger partial charge in [-0.1, -0.05) is 0 Å². The number of fused-ring (bicyclic) bond motifs is 1. The molecule has 3 heteroatoms. The molecule has 34 heavy (non-hydrogen) atoms. The summed E-state index contributed by atoms with van der Waals surface area (Å²) in [5.41, 5.74) is 11.4. The molecule has 4 aromatic rings. The molecule has 1 unspecified atom stereocenters. The zero-order chi connectivity index (χ0) is 23.9. The summed E-state index contributed by atoms with van der Waals surface area (Å²) in [6, 6.07) is 34.6. The minimum atomic E-state index is -2.65. The Morgan fingerprint density at radius 1 is 0.618 bits per heavy atom. The summed E-state index contributed by atoms with van der Waals surface area (Å²) in [5.74, 6) is 0. The fourth-order valence-electron chi connectivity index (χ4n) is 5.05. The van der Waals surface area contributed by atoms with Gasteiger partial charge in [-0.3, -0.25) is 0 Å². The fourth-order valence-corrected chi connectivity index (χ4v) is 10.9. The Hall–Kier alpha value is -1.92. The first-order valence-corrected chi connectivity index (χ1v) is 19.4. The molecular formula is C31H27Cl2Zr. The summed E-state index contributed by atoms with van der Waals surface area (Å²) < 4.78 is 0.174. The van der Waals surface area contributed by atoms with Crippen LogP contribution in [0, 0.1) is 5.41 Å². The van der Waals surface area contributed by atoms with E-state index < -0.39 is 19.4 Å². The van der Waals surface area contributed by atoms with Gasteiger partial charge in [-0.2, -0.15) is 0 Å². The number of halogens is 2. The second-order valence-electron chi connectivity index (χ2n) is 9.84. The van der Waals surface area contributed by atoms with Gasteiger partial charge in [0, 0.05) is 0 Å². The molecule has 0 fully saturated rings. The van der Waals surface area contributed by atoms with Crippen LogP contribution in [-0.2, 0) is 19.4 Å². The summed E-state index contributed by atoms with van der Waals surface area (Å²) in [6.45, 7) is 6.81. The third kappa shape index (κ3) is 4.40. The van der Waals surface area contributed by atoms with E-state index >= 15 is 0 Å². The molecule has 0 nitrogen and oxygen atoms in total. The van der Waals surface area contributed by atoms with E-state index in [0.29, 0.717) is 0 Å². The Kier molecular flexibility index (Phi) is 6.73. The Balaban J connectivity index is 1.86. The average molecular weight is 562 g/mol. The van der Waals surface area contributed by atoms with Gasteiger partial charge in [0.1, 0.15) is 0 Å². The molecule has 0 radical (unpaired) electrons. The van der Waals surface area contributed by atoms with Crippen LogP contribution in [0.5, 0.6) is 0 Å². The number of rotatable bonds is 4. The van der Waals surface area contributed by atoms with Gasteiger partial charge in [0.2, 0.25) is 0 Å². The van der Waals surface area contributed by atoms with Crippen molar-refractivity contribution in [1.82, 2.24) is 0 Å². The Morgan fingerprint density at radius 3 is 1.71 bits per heavy atom. The van der Waals surface area contributed by atoms with E-state index in [-0.39, 0.29) is 9.04 Å². The Labute approximate surface area is 218 Å². The van der Waals surface area contributed by atoms with E-state index in [0.717, 1.165) is 0 Å². The maximum absolute atomic E-state index is 6.82. The summed E-state index contributed by atoms with van der Waals surface area (Å²) in [4.78, 5) is 0. The van der Waals surface area contributed by atoms with Gasteiger partial charge in [-0.25, -0.2) is 0 Å². The van der Waals surface area contributed by atoms with Gasteiger partial charge in [-0.15, -0.1) is 0 Å². The van der Waals surface area contributed by atoms with E-state index in [9.17, 15) is 0 Å². The zero-order valence-corrected chi connectivity index (χ0v) is 23.6. The van der Waals surface area contributed by atoms with Crippen molar-refractivity contribution in [2.75, 3.05) is 0 Å². The molecule has 0 saturated heterocycles. The summed E-state index contributed by atoms with van der Waals surface area (Å²) in [6.07, 6.45) is 2.40. The molecule has 169 valence electrons. The van der Waals surface area contributed by atoms with Gasteiger partial charge >= 0.3 is 219 Å². The van der Waals surface area contributed by atoms with Crippen molar-refractivity contribution in [3.63, 3.8) is 0 Å². The Bertz CT molecular complexity index is 1350. The molecular weight excluding hydrogens is 534 g/mol. The van der Waals surface area contributed by atoms with E-state index in [1.807, 2.05) is 0 Å². The number of allylic oxidation sites excluding steroid dienone is 1. The van der Waals surface area contributed by atoms with E-state index in [1.54, 1.807) is 0 Å². The number of hydrogen-bond acceptors (Lipinski definition) is 0. The summed E-state index contributed by atoms with van der Waals surface area (Å²) in [5, 5.41) is 0. The van der Waals surface area contributed by atoms with Gasteiger partial charge in [-0.05, 0) is 0 Å². The molecule has 0 spiro atoms. The van der Waals surface area contributed by atoms with Crippen LogP contribution in [0.4, 0.5) is 0 Å². The second-order valence-corrected chi connectivity index (χ2v) is 18.6. The molecule has 0 saturated carbocycles. The topological polar surface area (TPSA) is 0 Å². The third-order valence-corrected chi connectivity index (χ3v) is 11.8.